The summed E-state index contributed by atoms with van der Waals surface area (Å²) >= 11 is 5.79. The number of hydrogen-bond donors (Lipinski definition) is 1. The molecule has 0 saturated carbocycles. The van der Waals surface area contributed by atoms with Gasteiger partial charge in [0.2, 0.25) is 0 Å². The molecule has 0 spiro atoms. The highest BCUT2D eigenvalue weighted by molar-refractivity contribution is 6.30. The normalized spacial score (nSPS) is 11.1. The predicted molar refractivity (Wildman–Crippen MR) is 86.6 cm³/mol. The van der Waals surface area contributed by atoms with Crippen molar-refractivity contribution in [1.82, 2.24) is 0 Å². The molecule has 118 valence electrons. The van der Waals surface area contributed by atoms with E-state index < -0.39 is 10.9 Å². The lowest BCUT2D eigenvalue weighted by atomic mass is 10.0. The largest absolute Gasteiger partial charge is 0.490 e. The molecule has 0 aromatic heterocycles. The second-order valence-electron chi connectivity index (χ2n) is 4.56. The molecule has 0 saturated heterocycles. The third-order valence-corrected chi connectivity index (χ3v) is 3.35. The van der Waals surface area contributed by atoms with Gasteiger partial charge in [-0.15, -0.1) is 0 Å². The first-order chi connectivity index (χ1) is 10.9. The Morgan fingerprint density at radius 3 is 2.43 bits per heavy atom. The number of ether oxygens (including phenoxy) is 1. The number of aliphatic carboxylic acids is 1. The lowest BCUT2D eigenvalue weighted by Crippen LogP contribution is -2.00. The fourth-order valence-corrected chi connectivity index (χ4v) is 2.13. The Kier molecular flexibility index (Phi) is 4.98. The molecule has 0 amide bonds. The van der Waals surface area contributed by atoms with Crippen LogP contribution in [0.2, 0.25) is 5.02 Å². The third-order valence-electron chi connectivity index (χ3n) is 3.10. The van der Waals surface area contributed by atoms with Crippen molar-refractivity contribution in [3.63, 3.8) is 0 Å². The summed E-state index contributed by atoms with van der Waals surface area (Å²) in [6.45, 7) is 0. The molecule has 0 bridgehead atoms. The highest BCUT2D eigenvalue weighted by Crippen LogP contribution is 2.29. The van der Waals surface area contributed by atoms with Crippen LogP contribution in [0.25, 0.3) is 11.6 Å². The van der Waals surface area contributed by atoms with Crippen LogP contribution in [0.1, 0.15) is 11.1 Å². The quantitative estimate of drug-likeness (QED) is 0.388. The molecule has 7 heteroatoms. The average molecular weight is 334 g/mol. The van der Waals surface area contributed by atoms with Gasteiger partial charge in [0.1, 0.15) is 0 Å². The van der Waals surface area contributed by atoms with Crippen molar-refractivity contribution in [3.05, 3.63) is 68.7 Å². The van der Waals surface area contributed by atoms with E-state index in [9.17, 15) is 20.0 Å². The van der Waals surface area contributed by atoms with Gasteiger partial charge in [-0.3, -0.25) is 10.1 Å². The fourth-order valence-electron chi connectivity index (χ4n) is 2.00. The van der Waals surface area contributed by atoms with Gasteiger partial charge in [0.15, 0.2) is 5.75 Å². The maximum atomic E-state index is 11.5. The smallest absolute Gasteiger partial charge is 0.336 e. The number of carboxylic acids is 1. The van der Waals surface area contributed by atoms with Crippen LogP contribution in [0, 0.1) is 10.1 Å². The first kappa shape index (κ1) is 16.5. The van der Waals surface area contributed by atoms with E-state index in [0.29, 0.717) is 16.1 Å². The summed E-state index contributed by atoms with van der Waals surface area (Å²) in [6.07, 6.45) is 1.36. The molecule has 0 atom stereocenters. The average Bonchev–Trinajstić information content (AvgIpc) is 2.53. The van der Waals surface area contributed by atoms with Gasteiger partial charge in [-0.05, 0) is 35.4 Å². The molecule has 0 unspecified atom stereocenters. The topological polar surface area (TPSA) is 89.7 Å². The molecule has 23 heavy (non-hydrogen) atoms. The number of nitrogens with zero attached hydrogens (tertiary/aromatic N) is 1. The molecule has 6 nitrogen and oxygen atoms in total. The van der Waals surface area contributed by atoms with Crippen LogP contribution >= 0.6 is 11.6 Å². The summed E-state index contributed by atoms with van der Waals surface area (Å²) in [5.41, 5.74) is 0.591. The van der Waals surface area contributed by atoms with E-state index in [1.807, 2.05) is 0 Å². The van der Waals surface area contributed by atoms with Gasteiger partial charge in [-0.2, -0.15) is 0 Å². The van der Waals surface area contributed by atoms with Gasteiger partial charge in [-0.1, -0.05) is 29.8 Å². The number of rotatable bonds is 5. The van der Waals surface area contributed by atoms with Crippen molar-refractivity contribution in [3.8, 4) is 5.75 Å². The molecule has 0 aliphatic carbocycles. The maximum Gasteiger partial charge on any atom is 0.336 e. The molecule has 0 aliphatic heterocycles. The summed E-state index contributed by atoms with van der Waals surface area (Å²) in [4.78, 5) is 21.9. The van der Waals surface area contributed by atoms with E-state index in [-0.39, 0.29) is 17.0 Å². The molecule has 0 fully saturated rings. The number of nitro groups is 1. The Hall–Kier alpha value is -2.86. The van der Waals surface area contributed by atoms with Gasteiger partial charge < -0.3 is 9.84 Å². The van der Waals surface area contributed by atoms with Crippen molar-refractivity contribution >= 4 is 34.9 Å². The van der Waals surface area contributed by atoms with E-state index in [2.05, 4.69) is 0 Å². The first-order valence-electron chi connectivity index (χ1n) is 6.45. The van der Waals surface area contributed by atoms with Crippen LogP contribution in [0.5, 0.6) is 5.75 Å². The molecule has 2 aromatic rings. The summed E-state index contributed by atoms with van der Waals surface area (Å²) in [6, 6.07) is 10.5. The van der Waals surface area contributed by atoms with Gasteiger partial charge in [0.05, 0.1) is 17.6 Å². The molecule has 1 N–H and O–H groups in total. The van der Waals surface area contributed by atoms with E-state index in [1.165, 1.54) is 25.3 Å². The summed E-state index contributed by atoms with van der Waals surface area (Å²) in [5, 5.41) is 20.9. The number of methoxy groups -OCH3 is 1. The Morgan fingerprint density at radius 2 is 1.91 bits per heavy atom. The zero-order chi connectivity index (χ0) is 17.0. The van der Waals surface area contributed by atoms with Crippen molar-refractivity contribution in [2.45, 2.75) is 0 Å². The third kappa shape index (κ3) is 3.87. The van der Waals surface area contributed by atoms with Crippen LogP contribution in [0.4, 0.5) is 5.69 Å². The minimum absolute atomic E-state index is 0.00105. The second kappa shape index (κ2) is 6.93. The number of carboxylic acid groups (broad SMARTS) is 1. The monoisotopic (exact) mass is 333 g/mol. The van der Waals surface area contributed by atoms with E-state index in [4.69, 9.17) is 16.3 Å². The van der Waals surface area contributed by atoms with Gasteiger partial charge in [0, 0.05) is 11.1 Å². The zero-order valence-corrected chi connectivity index (χ0v) is 12.8. The maximum absolute atomic E-state index is 11.5. The molecule has 0 heterocycles. The Bertz CT molecular complexity index is 784. The number of benzene rings is 2. The molecular formula is C16H12ClNO5. The minimum atomic E-state index is -1.15. The predicted octanol–water partition coefficient (Wildman–Crippen LogP) is 3.88. The standard InChI is InChI=1S/C16H12ClNO5/c1-23-15-7-2-10(9-14(15)18(21)22)8-13(16(19)20)11-3-5-12(17)6-4-11/h2-9H,1H3,(H,19,20)/b13-8-. The molecule has 0 radical (unpaired) electrons. The second-order valence-corrected chi connectivity index (χ2v) is 4.99. The van der Waals surface area contributed by atoms with Crippen molar-refractivity contribution in [2.24, 2.45) is 0 Å². The van der Waals surface area contributed by atoms with Crippen molar-refractivity contribution in [1.29, 1.82) is 0 Å². The number of nitro benzene ring substituents is 1. The van der Waals surface area contributed by atoms with Crippen LogP contribution in [0.3, 0.4) is 0 Å². The Balaban J connectivity index is 2.52. The van der Waals surface area contributed by atoms with Crippen LogP contribution in [-0.2, 0) is 4.79 Å². The van der Waals surface area contributed by atoms with E-state index >= 15 is 0 Å². The van der Waals surface area contributed by atoms with Crippen LogP contribution in [0.15, 0.2) is 42.5 Å². The van der Waals surface area contributed by atoms with Crippen LogP contribution < -0.4 is 4.74 Å². The lowest BCUT2D eigenvalue weighted by molar-refractivity contribution is -0.385. The highest BCUT2D eigenvalue weighted by Gasteiger charge is 2.16. The lowest BCUT2D eigenvalue weighted by Gasteiger charge is -2.05. The highest BCUT2D eigenvalue weighted by atomic mass is 35.5. The van der Waals surface area contributed by atoms with Gasteiger partial charge >= 0.3 is 11.7 Å². The number of hydrogen-bond acceptors (Lipinski definition) is 4. The molecular weight excluding hydrogens is 322 g/mol. The number of carbonyl (C=O) groups is 1. The molecule has 0 aliphatic rings. The summed E-state index contributed by atoms with van der Waals surface area (Å²) < 4.78 is 4.92. The number of halogens is 1. The van der Waals surface area contributed by atoms with Crippen molar-refractivity contribution in [2.75, 3.05) is 7.11 Å². The SMILES string of the molecule is COc1ccc(/C=C(\C(=O)O)c2ccc(Cl)cc2)cc1[N+](=O)[O-]. The zero-order valence-electron chi connectivity index (χ0n) is 12.0. The van der Waals surface area contributed by atoms with Gasteiger partial charge in [-0.25, -0.2) is 4.79 Å². The van der Waals surface area contributed by atoms with E-state index in [1.54, 1.807) is 30.3 Å². The molecule has 2 aromatic carbocycles. The first-order valence-corrected chi connectivity index (χ1v) is 6.83. The Labute approximate surface area is 136 Å². The Morgan fingerprint density at radius 1 is 1.26 bits per heavy atom. The van der Waals surface area contributed by atoms with Crippen LogP contribution in [-0.4, -0.2) is 23.1 Å². The summed E-state index contributed by atoms with van der Waals surface area (Å²) in [5.74, 6) is -1.04. The van der Waals surface area contributed by atoms with Crippen molar-refractivity contribution < 1.29 is 19.6 Å². The summed E-state index contributed by atoms with van der Waals surface area (Å²) in [7, 11) is 1.33. The molecule has 2 rings (SSSR count). The fraction of sp³-hybridized carbons (Fsp3) is 0.0625. The van der Waals surface area contributed by atoms with Gasteiger partial charge in [0.25, 0.3) is 0 Å². The van der Waals surface area contributed by atoms with E-state index in [0.717, 1.165) is 0 Å². The minimum Gasteiger partial charge on any atom is -0.490 e.